The van der Waals surface area contributed by atoms with Crippen molar-refractivity contribution in [1.29, 1.82) is 0 Å². The van der Waals surface area contributed by atoms with Crippen LogP contribution in [0.25, 0.3) is 11.3 Å². The quantitative estimate of drug-likeness (QED) is 0.761. The molecular formula is C16H22N4O. The Bertz CT molecular complexity index is 572. The Morgan fingerprint density at radius 2 is 1.86 bits per heavy atom. The van der Waals surface area contributed by atoms with Crippen molar-refractivity contribution in [2.75, 3.05) is 24.3 Å². The lowest BCUT2D eigenvalue weighted by Gasteiger charge is -2.20. The van der Waals surface area contributed by atoms with E-state index in [1.165, 1.54) is 0 Å². The van der Waals surface area contributed by atoms with Gasteiger partial charge in [0.25, 0.3) is 0 Å². The van der Waals surface area contributed by atoms with Crippen molar-refractivity contribution in [3.05, 3.63) is 36.4 Å². The second-order valence-electron chi connectivity index (χ2n) is 5.26. The molecule has 112 valence electrons. The Morgan fingerprint density at radius 1 is 1.14 bits per heavy atom. The maximum atomic E-state index is 9.44. The highest BCUT2D eigenvalue weighted by atomic mass is 16.3. The van der Waals surface area contributed by atoms with E-state index in [0.717, 1.165) is 17.1 Å². The zero-order valence-corrected chi connectivity index (χ0v) is 12.7. The molecule has 0 aliphatic carbocycles. The van der Waals surface area contributed by atoms with Gasteiger partial charge in [-0.3, -0.25) is 0 Å². The fourth-order valence-electron chi connectivity index (χ4n) is 1.99. The van der Waals surface area contributed by atoms with Crippen molar-refractivity contribution >= 4 is 11.8 Å². The summed E-state index contributed by atoms with van der Waals surface area (Å²) < 4.78 is 0. The van der Waals surface area contributed by atoms with Crippen LogP contribution in [-0.2, 0) is 0 Å². The maximum absolute atomic E-state index is 9.44. The molecule has 0 fully saturated rings. The summed E-state index contributed by atoms with van der Waals surface area (Å²) in [6, 6.07) is 11.8. The Hall–Kier alpha value is -2.14. The normalized spacial score (nSPS) is 12.2. The molecule has 2 rings (SSSR count). The highest BCUT2D eigenvalue weighted by Crippen LogP contribution is 2.21. The van der Waals surface area contributed by atoms with E-state index in [9.17, 15) is 5.11 Å². The zero-order chi connectivity index (χ0) is 15.2. The number of aliphatic hydroxyl groups is 1. The first kappa shape index (κ1) is 15.3. The van der Waals surface area contributed by atoms with Crippen LogP contribution in [0.4, 0.5) is 11.8 Å². The minimum atomic E-state index is -0.0688. The van der Waals surface area contributed by atoms with Crippen LogP contribution in [0, 0.1) is 5.92 Å². The molecule has 0 saturated carbocycles. The van der Waals surface area contributed by atoms with Crippen LogP contribution < -0.4 is 10.6 Å². The van der Waals surface area contributed by atoms with Gasteiger partial charge in [0.2, 0.25) is 5.95 Å². The summed E-state index contributed by atoms with van der Waals surface area (Å²) in [5.41, 5.74) is 1.88. The second-order valence-corrected chi connectivity index (χ2v) is 5.26. The molecule has 5 nitrogen and oxygen atoms in total. The van der Waals surface area contributed by atoms with Crippen molar-refractivity contribution in [3.8, 4) is 11.3 Å². The number of aliphatic hydroxyl groups excluding tert-OH is 1. The summed E-state index contributed by atoms with van der Waals surface area (Å²) >= 11 is 0. The summed E-state index contributed by atoms with van der Waals surface area (Å²) in [4.78, 5) is 8.95. The van der Waals surface area contributed by atoms with E-state index in [1.807, 2.05) is 57.3 Å². The standard InChI is InChI=1S/C16H22N4O/c1-11(2)14(10-21)19-16-18-13(9-15(17-3)20-16)12-7-5-4-6-8-12/h4-9,11,14,21H,10H2,1-3H3,(H2,17,18,19,20)/t14-/m0/s1. The van der Waals surface area contributed by atoms with Crippen LogP contribution in [-0.4, -0.2) is 34.8 Å². The molecule has 0 aliphatic heterocycles. The lowest BCUT2D eigenvalue weighted by Crippen LogP contribution is -2.30. The van der Waals surface area contributed by atoms with Crippen molar-refractivity contribution in [2.45, 2.75) is 19.9 Å². The molecule has 0 radical (unpaired) electrons. The van der Waals surface area contributed by atoms with Crippen LogP contribution in [0.5, 0.6) is 0 Å². The molecule has 0 saturated heterocycles. The number of rotatable bonds is 6. The molecule has 3 N–H and O–H groups in total. The van der Waals surface area contributed by atoms with E-state index < -0.39 is 0 Å². The third-order valence-corrected chi connectivity index (χ3v) is 3.37. The van der Waals surface area contributed by atoms with Crippen LogP contribution in [0.3, 0.4) is 0 Å². The van der Waals surface area contributed by atoms with Crippen molar-refractivity contribution in [2.24, 2.45) is 5.92 Å². The molecule has 0 spiro atoms. The molecule has 0 bridgehead atoms. The molecule has 2 aromatic rings. The van der Waals surface area contributed by atoms with Gasteiger partial charge in [0.05, 0.1) is 18.3 Å². The molecule has 21 heavy (non-hydrogen) atoms. The van der Waals surface area contributed by atoms with E-state index in [2.05, 4.69) is 20.6 Å². The van der Waals surface area contributed by atoms with Gasteiger partial charge in [-0.1, -0.05) is 44.2 Å². The average molecular weight is 286 g/mol. The minimum Gasteiger partial charge on any atom is -0.394 e. The number of benzene rings is 1. The van der Waals surface area contributed by atoms with Crippen molar-refractivity contribution < 1.29 is 5.11 Å². The fraction of sp³-hybridized carbons (Fsp3) is 0.375. The molecule has 0 amide bonds. The SMILES string of the molecule is CNc1cc(-c2ccccc2)nc(N[C@@H](CO)C(C)C)n1. The largest absolute Gasteiger partial charge is 0.394 e. The van der Waals surface area contributed by atoms with Gasteiger partial charge in [-0.25, -0.2) is 4.98 Å². The number of nitrogens with one attached hydrogen (secondary N) is 2. The van der Waals surface area contributed by atoms with Crippen LogP contribution >= 0.6 is 0 Å². The van der Waals surface area contributed by atoms with Gasteiger partial charge in [0, 0.05) is 18.7 Å². The van der Waals surface area contributed by atoms with Gasteiger partial charge in [-0.15, -0.1) is 0 Å². The van der Waals surface area contributed by atoms with Crippen molar-refractivity contribution in [3.63, 3.8) is 0 Å². The molecule has 1 atom stereocenters. The summed E-state index contributed by atoms with van der Waals surface area (Å²) in [5.74, 6) is 1.55. The van der Waals surface area contributed by atoms with Gasteiger partial charge < -0.3 is 15.7 Å². The highest BCUT2D eigenvalue weighted by molar-refractivity contribution is 5.64. The van der Waals surface area contributed by atoms with Gasteiger partial charge in [0.15, 0.2) is 0 Å². The Kier molecular flexibility index (Phi) is 5.11. The Morgan fingerprint density at radius 3 is 2.43 bits per heavy atom. The van der Waals surface area contributed by atoms with E-state index >= 15 is 0 Å². The van der Waals surface area contributed by atoms with E-state index in [1.54, 1.807) is 0 Å². The predicted octanol–water partition coefficient (Wildman–Crippen LogP) is 2.61. The van der Waals surface area contributed by atoms with E-state index in [0.29, 0.717) is 5.95 Å². The smallest absolute Gasteiger partial charge is 0.225 e. The summed E-state index contributed by atoms with van der Waals surface area (Å²) in [6.07, 6.45) is 0. The van der Waals surface area contributed by atoms with Crippen LogP contribution in [0.15, 0.2) is 36.4 Å². The monoisotopic (exact) mass is 286 g/mol. The van der Waals surface area contributed by atoms with Crippen LogP contribution in [0.1, 0.15) is 13.8 Å². The van der Waals surface area contributed by atoms with Crippen LogP contribution in [0.2, 0.25) is 0 Å². The van der Waals surface area contributed by atoms with Gasteiger partial charge >= 0.3 is 0 Å². The summed E-state index contributed by atoms with van der Waals surface area (Å²) in [7, 11) is 1.83. The minimum absolute atomic E-state index is 0.0471. The molecule has 1 aromatic heterocycles. The summed E-state index contributed by atoms with van der Waals surface area (Å²) in [5, 5.41) is 15.7. The number of aromatic nitrogens is 2. The van der Waals surface area contributed by atoms with Gasteiger partial charge in [-0.2, -0.15) is 4.98 Å². The molecule has 0 unspecified atom stereocenters. The highest BCUT2D eigenvalue weighted by Gasteiger charge is 2.14. The number of hydrogen-bond acceptors (Lipinski definition) is 5. The lowest BCUT2D eigenvalue weighted by molar-refractivity contribution is 0.248. The van der Waals surface area contributed by atoms with Gasteiger partial charge in [0.1, 0.15) is 5.82 Å². The number of nitrogens with zero attached hydrogens (tertiary/aromatic N) is 2. The molecule has 0 aliphatic rings. The molecule has 1 heterocycles. The average Bonchev–Trinajstić information content (AvgIpc) is 2.52. The first-order chi connectivity index (χ1) is 10.1. The first-order valence-electron chi connectivity index (χ1n) is 7.13. The lowest BCUT2D eigenvalue weighted by atomic mass is 10.1. The summed E-state index contributed by atoms with van der Waals surface area (Å²) in [6.45, 7) is 4.15. The zero-order valence-electron chi connectivity index (χ0n) is 12.7. The maximum Gasteiger partial charge on any atom is 0.225 e. The van der Waals surface area contributed by atoms with Crippen molar-refractivity contribution in [1.82, 2.24) is 9.97 Å². The Balaban J connectivity index is 2.34. The molecule has 5 heteroatoms. The second kappa shape index (κ2) is 7.04. The number of anilines is 2. The third kappa shape index (κ3) is 3.92. The number of hydrogen-bond donors (Lipinski definition) is 3. The topological polar surface area (TPSA) is 70.1 Å². The first-order valence-corrected chi connectivity index (χ1v) is 7.13. The van der Waals surface area contributed by atoms with E-state index in [4.69, 9.17) is 0 Å². The Labute approximate surface area is 125 Å². The molecular weight excluding hydrogens is 264 g/mol. The fourth-order valence-corrected chi connectivity index (χ4v) is 1.99. The predicted molar refractivity (Wildman–Crippen MR) is 86.3 cm³/mol. The third-order valence-electron chi connectivity index (χ3n) is 3.37. The van der Waals surface area contributed by atoms with Gasteiger partial charge in [-0.05, 0) is 5.92 Å². The molecule has 1 aromatic carbocycles. The van der Waals surface area contributed by atoms with E-state index in [-0.39, 0.29) is 18.6 Å².